The molecule has 0 amide bonds. The van der Waals surface area contributed by atoms with Crippen molar-refractivity contribution in [3.8, 4) is 0 Å². The van der Waals surface area contributed by atoms with Gasteiger partial charge in [0.2, 0.25) is 0 Å². The van der Waals surface area contributed by atoms with Crippen molar-refractivity contribution in [2.75, 3.05) is 0 Å². The molecule has 0 aromatic heterocycles. The second kappa shape index (κ2) is 8.11. The molecule has 3 aromatic carbocycles. The molecule has 0 aliphatic heterocycles. The van der Waals surface area contributed by atoms with Crippen LogP contribution in [-0.4, -0.2) is 4.92 Å². The van der Waals surface area contributed by atoms with Crippen LogP contribution in [0.15, 0.2) is 84.9 Å². The van der Waals surface area contributed by atoms with Crippen molar-refractivity contribution in [2.45, 2.75) is 12.8 Å². The number of aryl methyl sites for hydroxylation is 1. The molecule has 0 fully saturated rings. The van der Waals surface area contributed by atoms with Crippen LogP contribution in [0.5, 0.6) is 0 Å². The number of nitrogens with zero attached hydrogens (tertiary/aromatic N) is 1. The van der Waals surface area contributed by atoms with Crippen molar-refractivity contribution in [1.29, 1.82) is 0 Å². The first-order valence-electron chi connectivity index (χ1n) is 8.28. The molecule has 0 saturated heterocycles. The smallest absolute Gasteiger partial charge is 0.258 e. The van der Waals surface area contributed by atoms with Gasteiger partial charge in [-0.2, -0.15) is 0 Å². The summed E-state index contributed by atoms with van der Waals surface area (Å²) in [5, 5.41) is 10.9. The van der Waals surface area contributed by atoms with E-state index in [0.717, 1.165) is 21.2 Å². The maximum atomic E-state index is 10.9. The van der Waals surface area contributed by atoms with Gasteiger partial charge in [0.05, 0.1) is 4.92 Å². The van der Waals surface area contributed by atoms with E-state index in [2.05, 4.69) is 65.3 Å². The van der Waals surface area contributed by atoms with Gasteiger partial charge in [-0.3, -0.25) is 10.1 Å². The van der Waals surface area contributed by atoms with Crippen molar-refractivity contribution in [2.24, 2.45) is 0 Å². The molecular formula is C22H18BrNO2. The zero-order chi connectivity index (χ0) is 18.5. The first-order chi connectivity index (χ1) is 12.5. The summed E-state index contributed by atoms with van der Waals surface area (Å²) in [7, 11) is 0. The number of hydrogen-bond donors (Lipinski definition) is 0. The van der Waals surface area contributed by atoms with Gasteiger partial charge in [0, 0.05) is 22.5 Å². The van der Waals surface area contributed by atoms with E-state index >= 15 is 0 Å². The van der Waals surface area contributed by atoms with Crippen LogP contribution in [0, 0.1) is 17.0 Å². The molecule has 0 spiro atoms. The molecular weight excluding hydrogens is 390 g/mol. The Morgan fingerprint density at radius 3 is 2.08 bits per heavy atom. The monoisotopic (exact) mass is 407 g/mol. The molecule has 1 atom stereocenters. The fourth-order valence-corrected chi connectivity index (χ4v) is 3.33. The molecule has 0 radical (unpaired) electrons. The van der Waals surface area contributed by atoms with E-state index in [1.54, 1.807) is 12.1 Å². The van der Waals surface area contributed by atoms with Gasteiger partial charge in [-0.25, -0.2) is 0 Å². The van der Waals surface area contributed by atoms with Crippen LogP contribution >= 0.6 is 15.9 Å². The molecule has 0 N–H and O–H groups in total. The lowest BCUT2D eigenvalue weighted by Crippen LogP contribution is -1.99. The number of allylic oxidation sites excluding steroid dienone is 1. The van der Waals surface area contributed by atoms with Crippen molar-refractivity contribution >= 4 is 26.1 Å². The van der Waals surface area contributed by atoms with Gasteiger partial charge in [0.1, 0.15) is 0 Å². The predicted octanol–water partition coefficient (Wildman–Crippen LogP) is 6.47. The first kappa shape index (κ1) is 18.1. The maximum absolute atomic E-state index is 10.9. The highest BCUT2D eigenvalue weighted by Gasteiger charge is 2.14. The van der Waals surface area contributed by atoms with Gasteiger partial charge in [-0.15, -0.1) is 0 Å². The van der Waals surface area contributed by atoms with Gasteiger partial charge < -0.3 is 0 Å². The normalized spacial score (nSPS) is 12.6. The topological polar surface area (TPSA) is 43.1 Å². The van der Waals surface area contributed by atoms with Crippen molar-refractivity contribution in [3.05, 3.63) is 117 Å². The van der Waals surface area contributed by atoms with Crippen LogP contribution in [0.2, 0.25) is 0 Å². The Kier molecular flexibility index (Phi) is 5.64. The SMILES string of the molecule is Cc1ccc(/C(Br)=C/C(c2ccccc2)c2ccc([N+](=O)[O-])cc2)cc1. The molecule has 0 saturated carbocycles. The zero-order valence-electron chi connectivity index (χ0n) is 14.3. The molecule has 0 aliphatic carbocycles. The summed E-state index contributed by atoms with van der Waals surface area (Å²) in [5.41, 5.74) is 4.54. The Labute approximate surface area is 161 Å². The van der Waals surface area contributed by atoms with E-state index in [9.17, 15) is 10.1 Å². The van der Waals surface area contributed by atoms with Gasteiger partial charge in [-0.05, 0) is 23.6 Å². The Bertz CT molecular complexity index is 917. The van der Waals surface area contributed by atoms with Crippen molar-refractivity contribution < 1.29 is 4.92 Å². The van der Waals surface area contributed by atoms with E-state index in [1.165, 1.54) is 5.56 Å². The number of nitro benzene ring substituents is 1. The maximum Gasteiger partial charge on any atom is 0.269 e. The van der Waals surface area contributed by atoms with Crippen LogP contribution in [0.3, 0.4) is 0 Å². The number of non-ortho nitro benzene ring substituents is 1. The third-order valence-electron chi connectivity index (χ3n) is 4.26. The number of hydrogen-bond acceptors (Lipinski definition) is 2. The summed E-state index contributed by atoms with van der Waals surface area (Å²) < 4.78 is 0.990. The molecule has 26 heavy (non-hydrogen) atoms. The fraction of sp³-hybridized carbons (Fsp3) is 0.0909. The van der Waals surface area contributed by atoms with E-state index < -0.39 is 0 Å². The number of nitro groups is 1. The molecule has 0 heterocycles. The van der Waals surface area contributed by atoms with Crippen LogP contribution in [0.4, 0.5) is 5.69 Å². The number of rotatable bonds is 5. The molecule has 3 aromatic rings. The minimum absolute atomic E-state index is 0.00678. The lowest BCUT2D eigenvalue weighted by atomic mass is 9.90. The Balaban J connectivity index is 2.02. The standard InChI is InChI=1S/C22H18BrNO2/c1-16-7-9-19(10-8-16)22(23)15-21(17-5-3-2-4-6-17)18-11-13-20(14-12-18)24(25)26/h2-15,21H,1H3/b22-15-. The Morgan fingerprint density at radius 2 is 1.50 bits per heavy atom. The number of benzene rings is 3. The molecule has 130 valence electrons. The van der Waals surface area contributed by atoms with Crippen LogP contribution < -0.4 is 0 Å². The second-order valence-corrected chi connectivity index (χ2v) is 6.97. The zero-order valence-corrected chi connectivity index (χ0v) is 15.9. The van der Waals surface area contributed by atoms with Gasteiger partial charge >= 0.3 is 0 Å². The fourth-order valence-electron chi connectivity index (χ4n) is 2.80. The average Bonchev–Trinajstić information content (AvgIpc) is 2.67. The minimum Gasteiger partial charge on any atom is -0.258 e. The van der Waals surface area contributed by atoms with Crippen LogP contribution in [-0.2, 0) is 0 Å². The van der Waals surface area contributed by atoms with E-state index in [4.69, 9.17) is 0 Å². The quantitative estimate of drug-likeness (QED) is 0.359. The first-order valence-corrected chi connectivity index (χ1v) is 9.07. The van der Waals surface area contributed by atoms with Crippen LogP contribution in [0.25, 0.3) is 4.48 Å². The third-order valence-corrected chi connectivity index (χ3v) is 4.98. The highest BCUT2D eigenvalue weighted by molar-refractivity contribution is 9.15. The van der Waals surface area contributed by atoms with Gasteiger partial charge in [-0.1, -0.05) is 94.3 Å². The molecule has 0 aliphatic rings. The highest BCUT2D eigenvalue weighted by atomic mass is 79.9. The highest BCUT2D eigenvalue weighted by Crippen LogP contribution is 2.33. The van der Waals surface area contributed by atoms with Crippen molar-refractivity contribution in [3.63, 3.8) is 0 Å². The number of halogens is 1. The predicted molar refractivity (Wildman–Crippen MR) is 109 cm³/mol. The molecule has 3 rings (SSSR count). The molecule has 0 bridgehead atoms. The average molecular weight is 408 g/mol. The van der Waals surface area contributed by atoms with Gasteiger partial charge in [0.25, 0.3) is 5.69 Å². The Hall–Kier alpha value is -2.72. The molecule has 4 heteroatoms. The van der Waals surface area contributed by atoms with E-state index in [0.29, 0.717) is 0 Å². The second-order valence-electron chi connectivity index (χ2n) is 6.12. The summed E-state index contributed by atoms with van der Waals surface area (Å²) >= 11 is 3.70. The Morgan fingerprint density at radius 1 is 0.923 bits per heavy atom. The summed E-state index contributed by atoms with van der Waals surface area (Å²) in [5.74, 6) is -0.00678. The lowest BCUT2D eigenvalue weighted by Gasteiger charge is -2.15. The van der Waals surface area contributed by atoms with E-state index in [-0.39, 0.29) is 16.5 Å². The summed E-state index contributed by atoms with van der Waals surface area (Å²) in [4.78, 5) is 10.6. The summed E-state index contributed by atoms with van der Waals surface area (Å²) in [6.07, 6.45) is 2.14. The largest absolute Gasteiger partial charge is 0.269 e. The molecule has 1 unspecified atom stereocenters. The summed E-state index contributed by atoms with van der Waals surface area (Å²) in [6, 6.07) is 25.2. The summed E-state index contributed by atoms with van der Waals surface area (Å²) in [6.45, 7) is 2.06. The minimum atomic E-state index is -0.376. The third kappa shape index (κ3) is 4.27. The van der Waals surface area contributed by atoms with E-state index in [1.807, 2.05) is 30.3 Å². The van der Waals surface area contributed by atoms with Crippen LogP contribution in [0.1, 0.15) is 28.2 Å². The lowest BCUT2D eigenvalue weighted by molar-refractivity contribution is -0.384. The van der Waals surface area contributed by atoms with Crippen molar-refractivity contribution in [1.82, 2.24) is 0 Å². The molecule has 3 nitrogen and oxygen atoms in total. The van der Waals surface area contributed by atoms with Gasteiger partial charge in [0.15, 0.2) is 0 Å².